The number of rotatable bonds is 8. The van der Waals surface area contributed by atoms with Crippen LogP contribution in [0.25, 0.3) is 0 Å². The van der Waals surface area contributed by atoms with Gasteiger partial charge < -0.3 is 14.2 Å². The molecule has 0 amide bonds. The van der Waals surface area contributed by atoms with Crippen LogP contribution in [0.4, 0.5) is 0 Å². The van der Waals surface area contributed by atoms with Crippen LogP contribution in [-0.2, 0) is 23.8 Å². The number of ketones is 2. The van der Waals surface area contributed by atoms with E-state index >= 15 is 0 Å². The molecule has 1 aliphatic rings. The summed E-state index contributed by atoms with van der Waals surface area (Å²) in [6, 6.07) is 0. The Morgan fingerprint density at radius 1 is 1.00 bits per heavy atom. The van der Waals surface area contributed by atoms with Gasteiger partial charge in [0.25, 0.3) is 0 Å². The Hall–Kier alpha value is -1.62. The van der Waals surface area contributed by atoms with Gasteiger partial charge in [-0.2, -0.15) is 0 Å². The lowest BCUT2D eigenvalue weighted by molar-refractivity contribution is -0.113. The molecular weight excluding hydrogens is 248 g/mol. The lowest BCUT2D eigenvalue weighted by Gasteiger charge is -2.12. The first kappa shape index (κ1) is 15.4. The summed E-state index contributed by atoms with van der Waals surface area (Å²) in [4.78, 5) is 21.3. The number of ether oxygens (including phenoxy) is 3. The molecule has 0 saturated carbocycles. The van der Waals surface area contributed by atoms with Crippen LogP contribution < -0.4 is 0 Å². The number of carbonyl (C=O) groups is 2. The second kappa shape index (κ2) is 8.48. The zero-order valence-corrected chi connectivity index (χ0v) is 11.3. The van der Waals surface area contributed by atoms with Crippen LogP contribution in [0, 0.1) is 0 Å². The van der Waals surface area contributed by atoms with Crippen LogP contribution in [0.1, 0.15) is 26.7 Å². The van der Waals surface area contributed by atoms with Gasteiger partial charge in [0.1, 0.15) is 13.2 Å². The van der Waals surface area contributed by atoms with E-state index in [4.69, 9.17) is 14.2 Å². The fourth-order valence-electron chi connectivity index (χ4n) is 1.64. The van der Waals surface area contributed by atoms with Crippen LogP contribution in [0.2, 0.25) is 0 Å². The zero-order valence-electron chi connectivity index (χ0n) is 11.3. The smallest absolute Gasteiger partial charge is 0.155 e. The van der Waals surface area contributed by atoms with Crippen LogP contribution in [-0.4, -0.2) is 37.0 Å². The summed E-state index contributed by atoms with van der Waals surface area (Å²) in [5.41, 5.74) is 0. The van der Waals surface area contributed by atoms with Crippen LogP contribution in [0.3, 0.4) is 0 Å². The van der Waals surface area contributed by atoms with Crippen LogP contribution in [0.15, 0.2) is 24.7 Å². The summed E-state index contributed by atoms with van der Waals surface area (Å²) in [5.74, 6) is -0.0910. The normalized spacial score (nSPS) is 23.1. The SMILES string of the molecule is CC(=O)/C=C/OC[C@H]1CC[C@@H](CO/C=C/C(C)=O)O1. The Morgan fingerprint density at radius 2 is 1.42 bits per heavy atom. The lowest BCUT2D eigenvalue weighted by Crippen LogP contribution is -2.18. The average molecular weight is 268 g/mol. The molecule has 106 valence electrons. The molecule has 1 rings (SSSR count). The highest BCUT2D eigenvalue weighted by Gasteiger charge is 2.25. The van der Waals surface area contributed by atoms with Crippen molar-refractivity contribution in [3.05, 3.63) is 24.7 Å². The molecule has 5 nitrogen and oxygen atoms in total. The van der Waals surface area contributed by atoms with E-state index in [2.05, 4.69) is 0 Å². The minimum absolute atomic E-state index is 0.0296. The first-order valence-corrected chi connectivity index (χ1v) is 6.31. The second-order valence-corrected chi connectivity index (χ2v) is 4.45. The van der Waals surface area contributed by atoms with E-state index in [-0.39, 0.29) is 23.8 Å². The van der Waals surface area contributed by atoms with Crippen molar-refractivity contribution in [2.75, 3.05) is 13.2 Å². The monoisotopic (exact) mass is 268 g/mol. The molecule has 1 fully saturated rings. The van der Waals surface area contributed by atoms with E-state index in [1.54, 1.807) is 0 Å². The molecule has 0 unspecified atom stereocenters. The molecule has 0 aromatic rings. The minimum Gasteiger partial charge on any atom is -0.498 e. The number of carbonyl (C=O) groups excluding carboxylic acids is 2. The highest BCUT2D eigenvalue weighted by Crippen LogP contribution is 2.20. The summed E-state index contributed by atoms with van der Waals surface area (Å²) in [6.07, 6.45) is 7.40. The molecule has 19 heavy (non-hydrogen) atoms. The third kappa shape index (κ3) is 7.41. The van der Waals surface area contributed by atoms with E-state index in [9.17, 15) is 9.59 Å². The average Bonchev–Trinajstić information content (AvgIpc) is 2.78. The summed E-state index contributed by atoms with van der Waals surface area (Å²) in [6.45, 7) is 3.80. The van der Waals surface area contributed by atoms with Gasteiger partial charge in [-0.05, 0) is 26.7 Å². The van der Waals surface area contributed by atoms with E-state index in [1.807, 2.05) is 0 Å². The largest absolute Gasteiger partial charge is 0.498 e. The third-order valence-electron chi connectivity index (χ3n) is 2.56. The fraction of sp³-hybridized carbons (Fsp3) is 0.571. The summed E-state index contributed by atoms with van der Waals surface area (Å²) >= 11 is 0. The quantitative estimate of drug-likeness (QED) is 0.496. The van der Waals surface area contributed by atoms with E-state index in [0.717, 1.165) is 12.8 Å². The van der Waals surface area contributed by atoms with Gasteiger partial charge in [0.2, 0.25) is 0 Å². The molecular formula is C14H20O5. The fourth-order valence-corrected chi connectivity index (χ4v) is 1.64. The molecule has 0 N–H and O–H groups in total. The van der Waals surface area contributed by atoms with Crippen molar-refractivity contribution in [1.82, 2.24) is 0 Å². The first-order chi connectivity index (χ1) is 9.08. The Bertz CT molecular complexity index is 325. The van der Waals surface area contributed by atoms with Gasteiger partial charge in [0.15, 0.2) is 11.6 Å². The van der Waals surface area contributed by atoms with E-state index in [0.29, 0.717) is 13.2 Å². The van der Waals surface area contributed by atoms with Crippen LogP contribution >= 0.6 is 0 Å². The molecule has 0 aliphatic carbocycles. The maximum atomic E-state index is 10.6. The molecule has 0 radical (unpaired) electrons. The molecule has 5 heteroatoms. The molecule has 0 spiro atoms. The van der Waals surface area contributed by atoms with Gasteiger partial charge in [-0.3, -0.25) is 9.59 Å². The highest BCUT2D eigenvalue weighted by atomic mass is 16.6. The molecule has 0 aromatic heterocycles. The summed E-state index contributed by atoms with van der Waals surface area (Å²) in [5, 5.41) is 0. The number of allylic oxidation sites excluding steroid dienone is 2. The molecule has 0 bridgehead atoms. The molecule has 0 aromatic carbocycles. The molecule has 1 saturated heterocycles. The van der Waals surface area contributed by atoms with Gasteiger partial charge in [0, 0.05) is 12.2 Å². The Labute approximate surface area is 113 Å². The Balaban J connectivity index is 2.12. The predicted molar refractivity (Wildman–Crippen MR) is 69.4 cm³/mol. The van der Waals surface area contributed by atoms with Gasteiger partial charge >= 0.3 is 0 Å². The van der Waals surface area contributed by atoms with Crippen molar-refractivity contribution in [3.63, 3.8) is 0 Å². The van der Waals surface area contributed by atoms with Crippen molar-refractivity contribution in [3.8, 4) is 0 Å². The highest BCUT2D eigenvalue weighted by molar-refractivity contribution is 5.87. The number of hydrogen-bond acceptors (Lipinski definition) is 5. The maximum absolute atomic E-state index is 10.6. The van der Waals surface area contributed by atoms with Gasteiger partial charge in [-0.15, -0.1) is 0 Å². The van der Waals surface area contributed by atoms with Crippen molar-refractivity contribution in [2.45, 2.75) is 38.9 Å². The third-order valence-corrected chi connectivity index (χ3v) is 2.56. The van der Waals surface area contributed by atoms with Crippen molar-refractivity contribution in [2.24, 2.45) is 0 Å². The molecule has 1 heterocycles. The van der Waals surface area contributed by atoms with Crippen LogP contribution in [0.5, 0.6) is 0 Å². The zero-order chi connectivity index (χ0) is 14.1. The van der Waals surface area contributed by atoms with Crippen molar-refractivity contribution in [1.29, 1.82) is 0 Å². The van der Waals surface area contributed by atoms with E-state index in [1.165, 1.54) is 38.5 Å². The Morgan fingerprint density at radius 3 is 1.79 bits per heavy atom. The minimum atomic E-state index is -0.0455. The predicted octanol–water partition coefficient (Wildman–Crippen LogP) is 1.77. The number of hydrogen-bond donors (Lipinski definition) is 0. The Kier molecular flexibility index (Phi) is 6.89. The van der Waals surface area contributed by atoms with Gasteiger partial charge in [0.05, 0.1) is 24.7 Å². The summed E-state index contributed by atoms with van der Waals surface area (Å²) < 4.78 is 16.1. The van der Waals surface area contributed by atoms with Gasteiger partial charge in [-0.1, -0.05) is 0 Å². The first-order valence-electron chi connectivity index (χ1n) is 6.31. The van der Waals surface area contributed by atoms with Crippen molar-refractivity contribution < 1.29 is 23.8 Å². The standard InChI is InChI=1S/C14H20O5/c1-11(15)5-7-17-9-13-3-4-14(19-13)10-18-8-6-12(2)16/h5-8,13-14H,3-4,9-10H2,1-2H3/b7-5+,8-6+/t13-,14+. The summed E-state index contributed by atoms with van der Waals surface area (Å²) in [7, 11) is 0. The van der Waals surface area contributed by atoms with E-state index < -0.39 is 0 Å². The lowest BCUT2D eigenvalue weighted by atomic mass is 10.2. The van der Waals surface area contributed by atoms with Gasteiger partial charge in [-0.25, -0.2) is 0 Å². The topological polar surface area (TPSA) is 61.8 Å². The second-order valence-electron chi connectivity index (χ2n) is 4.45. The van der Waals surface area contributed by atoms with Crippen molar-refractivity contribution >= 4 is 11.6 Å². The molecule has 1 aliphatic heterocycles. The maximum Gasteiger partial charge on any atom is 0.155 e. The molecule has 2 atom stereocenters.